The number of rotatable bonds is 14. The Bertz CT molecular complexity index is 1360. The van der Waals surface area contributed by atoms with Gasteiger partial charge in [0.25, 0.3) is 0 Å². The molecule has 0 saturated carbocycles. The van der Waals surface area contributed by atoms with Gasteiger partial charge in [-0.25, -0.2) is 8.42 Å². The van der Waals surface area contributed by atoms with E-state index in [9.17, 15) is 18.3 Å². The number of hydrogen-bond donors (Lipinski definition) is 4. The number of sulfonamides is 1. The smallest absolute Gasteiger partial charge is 0.243 e. The first-order valence-electron chi connectivity index (χ1n) is 13.2. The number of hydrogen-bond acceptors (Lipinski definition) is 6. The normalized spacial score (nSPS) is 13.6. The topological polar surface area (TPSA) is 139 Å². The van der Waals surface area contributed by atoms with Crippen LogP contribution in [-0.2, 0) is 21.2 Å². The first-order valence-corrected chi connectivity index (χ1v) is 15.0. The number of nitrogens with two attached hydrogens (primary N) is 2. The molecule has 0 aliphatic carbocycles. The number of nitrogens with one attached hydrogen (secondary N) is 1. The molecular formula is C29H39ClN4O4S. The molecule has 0 bridgehead atoms. The SMILES string of the molecule is CC(C)CN(C(CO)CCCCNC(=O)C(N)Cc1cccc2ccccc12)S(=O)(=O)c1ccc(N)c(Cl)c1. The van der Waals surface area contributed by atoms with Gasteiger partial charge in [0.1, 0.15) is 0 Å². The van der Waals surface area contributed by atoms with Crippen molar-refractivity contribution in [1.29, 1.82) is 0 Å². The second kappa shape index (κ2) is 14.1. The summed E-state index contributed by atoms with van der Waals surface area (Å²) in [5.74, 6) is -0.188. The van der Waals surface area contributed by atoms with Gasteiger partial charge >= 0.3 is 0 Å². The molecule has 0 saturated heterocycles. The molecule has 3 rings (SSSR count). The molecule has 8 nitrogen and oxygen atoms in total. The van der Waals surface area contributed by atoms with Crippen molar-refractivity contribution >= 4 is 44.0 Å². The van der Waals surface area contributed by atoms with Crippen LogP contribution in [0.3, 0.4) is 0 Å². The minimum atomic E-state index is -3.91. The Labute approximate surface area is 236 Å². The van der Waals surface area contributed by atoms with Crippen molar-refractivity contribution in [3.63, 3.8) is 0 Å². The van der Waals surface area contributed by atoms with Gasteiger partial charge in [0.15, 0.2) is 0 Å². The fourth-order valence-electron chi connectivity index (χ4n) is 4.58. The van der Waals surface area contributed by atoms with Crippen molar-refractivity contribution in [2.45, 2.75) is 56.5 Å². The third-order valence-corrected chi connectivity index (χ3v) is 8.90. The van der Waals surface area contributed by atoms with Crippen LogP contribution in [0.2, 0.25) is 5.02 Å². The quantitative estimate of drug-likeness (QED) is 0.170. The van der Waals surface area contributed by atoms with E-state index < -0.39 is 22.1 Å². The highest BCUT2D eigenvalue weighted by Gasteiger charge is 2.32. The van der Waals surface area contributed by atoms with Crippen LogP contribution >= 0.6 is 11.6 Å². The molecule has 212 valence electrons. The van der Waals surface area contributed by atoms with E-state index in [2.05, 4.69) is 5.32 Å². The Morgan fingerprint density at radius 1 is 1.08 bits per heavy atom. The fraction of sp³-hybridized carbons (Fsp3) is 0.414. The summed E-state index contributed by atoms with van der Waals surface area (Å²) in [6.45, 7) is 4.17. The lowest BCUT2D eigenvalue weighted by molar-refractivity contribution is -0.122. The van der Waals surface area contributed by atoms with Crippen LogP contribution in [0.1, 0.15) is 38.7 Å². The van der Waals surface area contributed by atoms with Crippen molar-refractivity contribution in [2.75, 3.05) is 25.4 Å². The number of fused-ring (bicyclic) bond motifs is 1. The van der Waals surface area contributed by atoms with E-state index >= 15 is 0 Å². The number of nitrogen functional groups attached to an aromatic ring is 1. The van der Waals surface area contributed by atoms with Gasteiger partial charge < -0.3 is 21.9 Å². The number of aliphatic hydroxyl groups is 1. The Hall–Kier alpha value is -2.69. The number of aliphatic hydroxyl groups excluding tert-OH is 1. The third-order valence-electron chi connectivity index (χ3n) is 6.66. The molecule has 0 fully saturated rings. The molecule has 0 aromatic heterocycles. The van der Waals surface area contributed by atoms with Crippen molar-refractivity contribution in [1.82, 2.24) is 9.62 Å². The second-order valence-electron chi connectivity index (χ2n) is 10.2. The molecule has 2 unspecified atom stereocenters. The van der Waals surface area contributed by atoms with Crippen molar-refractivity contribution in [3.05, 3.63) is 71.2 Å². The van der Waals surface area contributed by atoms with Crippen LogP contribution in [0.5, 0.6) is 0 Å². The molecule has 6 N–H and O–H groups in total. The van der Waals surface area contributed by atoms with Gasteiger partial charge in [-0.2, -0.15) is 4.31 Å². The van der Waals surface area contributed by atoms with Gasteiger partial charge in [0.05, 0.1) is 28.3 Å². The summed E-state index contributed by atoms with van der Waals surface area (Å²) in [5.41, 5.74) is 13.3. The van der Waals surface area contributed by atoms with Crippen LogP contribution in [0.4, 0.5) is 5.69 Å². The second-order valence-corrected chi connectivity index (χ2v) is 12.5. The average Bonchev–Trinajstić information content (AvgIpc) is 2.91. The van der Waals surface area contributed by atoms with Crippen LogP contribution < -0.4 is 16.8 Å². The summed E-state index contributed by atoms with van der Waals surface area (Å²) in [4.78, 5) is 12.7. The molecule has 10 heteroatoms. The zero-order chi connectivity index (χ0) is 28.6. The standard InChI is InChI=1S/C29H39ClN4O4S/c1-20(2)18-34(39(37,38)24-13-14-27(31)26(30)17-24)23(19-35)11-5-6-15-33-29(36)28(32)16-22-10-7-9-21-8-3-4-12-25(21)22/h3-4,7-10,12-14,17,20,23,28,35H,5-6,11,15-16,18-19,31-32H2,1-2H3,(H,33,36). The summed E-state index contributed by atoms with van der Waals surface area (Å²) in [7, 11) is -3.91. The molecular weight excluding hydrogens is 536 g/mol. The number of anilines is 1. The van der Waals surface area contributed by atoms with E-state index in [1.807, 2.05) is 56.3 Å². The molecule has 0 radical (unpaired) electrons. The van der Waals surface area contributed by atoms with Crippen LogP contribution in [0.15, 0.2) is 65.6 Å². The van der Waals surface area contributed by atoms with Gasteiger partial charge in [0, 0.05) is 19.1 Å². The van der Waals surface area contributed by atoms with E-state index in [-0.39, 0.29) is 34.9 Å². The number of amides is 1. The Morgan fingerprint density at radius 3 is 2.49 bits per heavy atom. The first-order chi connectivity index (χ1) is 18.5. The summed E-state index contributed by atoms with van der Waals surface area (Å²) in [6.07, 6.45) is 2.09. The molecule has 1 amide bonds. The lowest BCUT2D eigenvalue weighted by Crippen LogP contribution is -2.44. The van der Waals surface area contributed by atoms with E-state index in [0.29, 0.717) is 37.9 Å². The fourth-order valence-corrected chi connectivity index (χ4v) is 6.66. The van der Waals surface area contributed by atoms with Crippen molar-refractivity contribution in [3.8, 4) is 0 Å². The lowest BCUT2D eigenvalue weighted by Gasteiger charge is -2.31. The van der Waals surface area contributed by atoms with E-state index in [1.165, 1.54) is 22.5 Å². The monoisotopic (exact) mass is 574 g/mol. The predicted octanol–water partition coefficient (Wildman–Crippen LogP) is 3.94. The molecule has 0 spiro atoms. The molecule has 3 aromatic rings. The van der Waals surface area contributed by atoms with Gasteiger partial charge in [-0.3, -0.25) is 4.79 Å². The maximum Gasteiger partial charge on any atom is 0.243 e. The maximum absolute atomic E-state index is 13.5. The van der Waals surface area contributed by atoms with Crippen molar-refractivity contribution < 1.29 is 18.3 Å². The number of nitrogens with zero attached hydrogens (tertiary/aromatic N) is 1. The zero-order valence-electron chi connectivity index (χ0n) is 22.5. The number of carbonyl (C=O) groups excluding carboxylic acids is 1. The summed E-state index contributed by atoms with van der Waals surface area (Å²) in [6, 6.07) is 16.9. The highest BCUT2D eigenvalue weighted by molar-refractivity contribution is 7.89. The summed E-state index contributed by atoms with van der Waals surface area (Å²) in [5, 5.41) is 15.4. The van der Waals surface area contributed by atoms with Gasteiger partial charge in [-0.15, -0.1) is 0 Å². The first kappa shape index (κ1) is 30.8. The van der Waals surface area contributed by atoms with Crippen LogP contribution in [-0.4, -0.2) is 55.5 Å². The minimum absolute atomic E-state index is 0.0354. The molecule has 0 aliphatic rings. The molecule has 2 atom stereocenters. The average molecular weight is 575 g/mol. The molecule has 0 aliphatic heterocycles. The largest absolute Gasteiger partial charge is 0.398 e. The summed E-state index contributed by atoms with van der Waals surface area (Å²) >= 11 is 6.08. The number of halogens is 1. The van der Waals surface area contributed by atoms with E-state index in [0.717, 1.165) is 16.3 Å². The van der Waals surface area contributed by atoms with Gasteiger partial charge in [0.2, 0.25) is 15.9 Å². The van der Waals surface area contributed by atoms with Gasteiger partial charge in [-0.05, 0) is 59.7 Å². The molecule has 3 aromatic carbocycles. The summed E-state index contributed by atoms with van der Waals surface area (Å²) < 4.78 is 28.3. The minimum Gasteiger partial charge on any atom is -0.398 e. The van der Waals surface area contributed by atoms with E-state index in [4.69, 9.17) is 23.1 Å². The maximum atomic E-state index is 13.5. The Morgan fingerprint density at radius 2 is 1.79 bits per heavy atom. The zero-order valence-corrected chi connectivity index (χ0v) is 24.1. The number of carbonyl (C=O) groups is 1. The molecule has 0 heterocycles. The Kier molecular flexibility index (Phi) is 11.1. The van der Waals surface area contributed by atoms with Crippen molar-refractivity contribution in [2.24, 2.45) is 11.7 Å². The third kappa shape index (κ3) is 8.16. The predicted molar refractivity (Wildman–Crippen MR) is 158 cm³/mol. The Balaban J connectivity index is 1.55. The van der Waals surface area contributed by atoms with E-state index in [1.54, 1.807) is 0 Å². The highest BCUT2D eigenvalue weighted by Crippen LogP contribution is 2.27. The van der Waals surface area contributed by atoms with Crippen LogP contribution in [0, 0.1) is 5.92 Å². The highest BCUT2D eigenvalue weighted by atomic mass is 35.5. The van der Waals surface area contributed by atoms with Gasteiger partial charge in [-0.1, -0.05) is 74.3 Å². The lowest BCUT2D eigenvalue weighted by atomic mass is 9.99. The number of unbranched alkanes of at least 4 members (excludes halogenated alkanes) is 1. The van der Waals surface area contributed by atoms with Crippen LogP contribution in [0.25, 0.3) is 10.8 Å². The number of benzene rings is 3. The molecule has 39 heavy (non-hydrogen) atoms.